The van der Waals surface area contributed by atoms with Crippen molar-refractivity contribution in [1.29, 1.82) is 0 Å². The Morgan fingerprint density at radius 3 is 1.92 bits per heavy atom. The van der Waals surface area contributed by atoms with Gasteiger partial charge < -0.3 is 9.47 Å². The lowest BCUT2D eigenvalue weighted by Gasteiger charge is -2.32. The SMILES string of the molecule is CC1C2CC(CC2c2ccc(-c3ccc(C4CC5CC4C4C(=O)OC(=O)C54)cc3)cc2)C1C(=O)OC=O. The monoisotopic (exact) mass is 498 g/mol. The minimum atomic E-state index is -0.367. The smallest absolute Gasteiger partial charge is 0.317 e. The van der Waals surface area contributed by atoms with Gasteiger partial charge in [0.05, 0.1) is 17.8 Å². The summed E-state index contributed by atoms with van der Waals surface area (Å²) >= 11 is 0. The molecule has 1 aliphatic heterocycles. The summed E-state index contributed by atoms with van der Waals surface area (Å²) in [5.41, 5.74) is 4.88. The van der Waals surface area contributed by atoms with E-state index in [0.717, 1.165) is 36.8 Å². The van der Waals surface area contributed by atoms with E-state index in [9.17, 15) is 19.2 Å². The average Bonchev–Trinajstić information content (AvgIpc) is 3.71. The van der Waals surface area contributed by atoms with Crippen molar-refractivity contribution in [2.75, 3.05) is 0 Å². The van der Waals surface area contributed by atoms with Gasteiger partial charge >= 0.3 is 24.4 Å². The van der Waals surface area contributed by atoms with Crippen molar-refractivity contribution in [3.8, 4) is 11.1 Å². The van der Waals surface area contributed by atoms with E-state index in [1.165, 1.54) is 11.1 Å². The Bertz CT molecular complexity index is 1280. The van der Waals surface area contributed by atoms with Gasteiger partial charge in [-0.3, -0.25) is 19.2 Å². The molecule has 10 unspecified atom stereocenters. The average molecular weight is 499 g/mol. The predicted octanol–water partition coefficient (Wildman–Crippen LogP) is 4.87. The van der Waals surface area contributed by atoms with Gasteiger partial charge in [0, 0.05) is 0 Å². The Morgan fingerprint density at radius 1 is 0.784 bits per heavy atom. The Hall–Kier alpha value is -3.28. The fraction of sp³-hybridized carbons (Fsp3) is 0.484. The molecule has 1 saturated heterocycles. The van der Waals surface area contributed by atoms with Gasteiger partial charge in [0.1, 0.15) is 0 Å². The predicted molar refractivity (Wildman–Crippen MR) is 133 cm³/mol. The van der Waals surface area contributed by atoms with Crippen LogP contribution in [0.25, 0.3) is 11.1 Å². The molecule has 0 N–H and O–H groups in total. The lowest BCUT2D eigenvalue weighted by Crippen LogP contribution is -2.32. The molecule has 1 heterocycles. The first-order valence-electron chi connectivity index (χ1n) is 13.5. The van der Waals surface area contributed by atoms with Crippen molar-refractivity contribution in [3.05, 3.63) is 59.7 Å². The van der Waals surface area contributed by atoms with Crippen molar-refractivity contribution in [2.24, 2.45) is 47.3 Å². The Kier molecular flexibility index (Phi) is 5.18. The number of cyclic esters (lactones) is 2. The van der Waals surface area contributed by atoms with Gasteiger partial charge in [-0.25, -0.2) is 0 Å². The van der Waals surface area contributed by atoms with Gasteiger partial charge in [-0.15, -0.1) is 0 Å². The van der Waals surface area contributed by atoms with Crippen molar-refractivity contribution >= 4 is 24.4 Å². The third-order valence-corrected chi connectivity index (χ3v) is 10.6. The highest BCUT2D eigenvalue weighted by Gasteiger charge is 2.63. The number of rotatable bonds is 5. The number of carbonyl (C=O) groups excluding carboxylic acids is 4. The van der Waals surface area contributed by atoms with Crippen LogP contribution in [0.1, 0.15) is 55.6 Å². The lowest BCUT2D eigenvalue weighted by atomic mass is 9.72. The summed E-state index contributed by atoms with van der Waals surface area (Å²) in [6.07, 6.45) is 3.89. The molecule has 190 valence electrons. The highest BCUT2D eigenvalue weighted by Crippen LogP contribution is 2.61. The molecule has 7 rings (SSSR count). The molecule has 2 aromatic rings. The van der Waals surface area contributed by atoms with E-state index in [4.69, 9.17) is 4.74 Å². The molecule has 4 bridgehead atoms. The van der Waals surface area contributed by atoms with Crippen LogP contribution in [0.5, 0.6) is 0 Å². The first kappa shape index (κ1) is 22.9. The van der Waals surface area contributed by atoms with Crippen molar-refractivity contribution in [3.63, 3.8) is 0 Å². The highest BCUT2D eigenvalue weighted by molar-refractivity contribution is 5.97. The van der Waals surface area contributed by atoms with Crippen LogP contribution in [0.15, 0.2) is 48.5 Å². The normalized spacial score (nSPS) is 39.1. The van der Waals surface area contributed by atoms with Crippen molar-refractivity contribution in [2.45, 2.75) is 44.4 Å². The van der Waals surface area contributed by atoms with Crippen LogP contribution in [0.4, 0.5) is 0 Å². The molecule has 0 amide bonds. The molecule has 4 saturated carbocycles. The third-order valence-electron chi connectivity index (χ3n) is 10.6. The van der Waals surface area contributed by atoms with Gasteiger partial charge in [0.25, 0.3) is 0 Å². The molecule has 37 heavy (non-hydrogen) atoms. The van der Waals surface area contributed by atoms with Crippen LogP contribution < -0.4 is 0 Å². The Balaban J connectivity index is 1.04. The fourth-order valence-electron chi connectivity index (χ4n) is 9.08. The number of hydrogen-bond acceptors (Lipinski definition) is 6. The van der Waals surface area contributed by atoms with E-state index < -0.39 is 0 Å². The number of benzene rings is 2. The zero-order chi connectivity index (χ0) is 25.4. The summed E-state index contributed by atoms with van der Waals surface area (Å²) in [4.78, 5) is 47.2. The first-order chi connectivity index (χ1) is 17.9. The summed E-state index contributed by atoms with van der Waals surface area (Å²) in [5, 5.41) is 0. The maximum absolute atomic E-state index is 12.3. The zero-order valence-electron chi connectivity index (χ0n) is 20.7. The molecule has 6 heteroatoms. The fourth-order valence-corrected chi connectivity index (χ4v) is 9.08. The molecule has 0 radical (unpaired) electrons. The van der Waals surface area contributed by atoms with Gasteiger partial charge in [0.15, 0.2) is 0 Å². The minimum absolute atomic E-state index is 0.162. The van der Waals surface area contributed by atoms with E-state index >= 15 is 0 Å². The number of hydrogen-bond donors (Lipinski definition) is 0. The molecule has 0 spiro atoms. The van der Waals surface area contributed by atoms with E-state index in [1.54, 1.807) is 0 Å². The van der Waals surface area contributed by atoms with Gasteiger partial charge in [0.2, 0.25) is 0 Å². The van der Waals surface area contributed by atoms with Gasteiger partial charge in [-0.2, -0.15) is 0 Å². The summed E-state index contributed by atoms with van der Waals surface area (Å²) in [7, 11) is 0. The van der Waals surface area contributed by atoms with Crippen molar-refractivity contribution < 1.29 is 28.7 Å². The van der Waals surface area contributed by atoms with Crippen molar-refractivity contribution in [1.82, 2.24) is 0 Å². The number of ether oxygens (including phenoxy) is 2. The molecule has 0 aromatic heterocycles. The van der Waals surface area contributed by atoms with E-state index in [-0.39, 0.29) is 65.8 Å². The second kappa shape index (κ2) is 8.37. The third kappa shape index (κ3) is 3.37. The molecule has 5 fully saturated rings. The van der Waals surface area contributed by atoms with E-state index in [1.807, 2.05) is 0 Å². The topological polar surface area (TPSA) is 86.7 Å². The van der Waals surface area contributed by atoms with Crippen LogP contribution in [-0.4, -0.2) is 24.4 Å². The summed E-state index contributed by atoms with van der Waals surface area (Å²) in [6.45, 7) is 2.37. The second-order valence-corrected chi connectivity index (χ2v) is 12.0. The van der Waals surface area contributed by atoms with E-state index in [0.29, 0.717) is 17.8 Å². The maximum atomic E-state index is 12.3. The second-order valence-electron chi connectivity index (χ2n) is 12.0. The summed E-state index contributed by atoms with van der Waals surface area (Å²) in [5.74, 6) is 0.569. The number of esters is 3. The number of fused-ring (bicyclic) bond motifs is 7. The van der Waals surface area contributed by atoms with E-state index in [2.05, 4.69) is 60.2 Å². The zero-order valence-corrected chi connectivity index (χ0v) is 20.7. The van der Waals surface area contributed by atoms with Crippen LogP contribution in [0.2, 0.25) is 0 Å². The first-order valence-corrected chi connectivity index (χ1v) is 13.5. The van der Waals surface area contributed by atoms with Crippen LogP contribution in [0, 0.1) is 47.3 Å². The van der Waals surface area contributed by atoms with Gasteiger partial charge in [-0.1, -0.05) is 55.5 Å². The molecular weight excluding hydrogens is 468 g/mol. The van der Waals surface area contributed by atoms with Crippen LogP contribution in [0.3, 0.4) is 0 Å². The molecular formula is C31H30O6. The van der Waals surface area contributed by atoms with Gasteiger partial charge in [-0.05, 0) is 89.4 Å². The molecule has 4 aliphatic carbocycles. The molecule has 2 aromatic carbocycles. The molecule has 5 aliphatic rings. The Morgan fingerprint density at radius 2 is 1.32 bits per heavy atom. The number of carbonyl (C=O) groups is 4. The summed E-state index contributed by atoms with van der Waals surface area (Å²) in [6, 6.07) is 17.5. The maximum Gasteiger partial charge on any atom is 0.317 e. The minimum Gasteiger partial charge on any atom is -0.395 e. The highest BCUT2D eigenvalue weighted by atomic mass is 16.6. The summed E-state index contributed by atoms with van der Waals surface area (Å²) < 4.78 is 9.64. The molecule has 10 atom stereocenters. The quantitative estimate of drug-likeness (QED) is 0.332. The lowest BCUT2D eigenvalue weighted by molar-refractivity contribution is -0.158. The molecule has 6 nitrogen and oxygen atoms in total. The van der Waals surface area contributed by atoms with Crippen LogP contribution in [-0.2, 0) is 28.7 Å². The Labute approximate surface area is 215 Å². The largest absolute Gasteiger partial charge is 0.395 e. The standard InChI is InChI=1S/C31H30O6/c1-15-22-10-20(26(15)29(33)36-14-32)11-23(22)18-6-2-16(3-7-18)17-4-8-19(9-5-17)24-12-21-13-25(24)28-27(21)30(34)37-31(28)35/h2-9,14-15,20-28H,10-13H2,1H3. The van der Waals surface area contributed by atoms with Crippen LogP contribution >= 0.6 is 0 Å².